The highest BCUT2D eigenvalue weighted by atomic mass is 16.6. The number of pyridine rings is 1. The highest BCUT2D eigenvalue weighted by Crippen LogP contribution is 2.23. The Morgan fingerprint density at radius 1 is 1.28 bits per heavy atom. The fourth-order valence-corrected chi connectivity index (χ4v) is 4.63. The number of carbonyl (C=O) groups excluding carboxylic acids is 1. The number of alkyl carbamates (subject to hydrolysis) is 1. The van der Waals surface area contributed by atoms with Crippen LogP contribution >= 0.6 is 0 Å². The van der Waals surface area contributed by atoms with Crippen LogP contribution in [0.15, 0.2) is 28.0 Å². The van der Waals surface area contributed by atoms with Gasteiger partial charge in [0.15, 0.2) is 11.2 Å². The summed E-state index contributed by atoms with van der Waals surface area (Å²) in [6.07, 6.45) is 3.98. The first-order chi connectivity index (χ1) is 18.5. The summed E-state index contributed by atoms with van der Waals surface area (Å²) in [4.78, 5) is 50.1. The number of rotatable bonds is 5. The summed E-state index contributed by atoms with van der Waals surface area (Å²) in [5.41, 5.74) is -0.399. The molecule has 0 spiro atoms. The predicted molar refractivity (Wildman–Crippen MR) is 145 cm³/mol. The van der Waals surface area contributed by atoms with E-state index in [2.05, 4.69) is 28.2 Å². The first-order valence-electron chi connectivity index (χ1n) is 12.7. The third-order valence-electron chi connectivity index (χ3n) is 6.41. The van der Waals surface area contributed by atoms with Crippen LogP contribution in [0.2, 0.25) is 0 Å². The van der Waals surface area contributed by atoms with Gasteiger partial charge < -0.3 is 15.0 Å². The molecule has 4 rings (SSSR count). The molecule has 3 aromatic rings. The van der Waals surface area contributed by atoms with E-state index in [0.717, 1.165) is 17.4 Å². The minimum absolute atomic E-state index is 0.0849. The van der Waals surface area contributed by atoms with E-state index in [1.807, 2.05) is 25.7 Å². The van der Waals surface area contributed by atoms with Gasteiger partial charge in [-0.25, -0.2) is 9.59 Å². The van der Waals surface area contributed by atoms with Crippen molar-refractivity contribution >= 4 is 23.2 Å². The maximum absolute atomic E-state index is 13.8. The van der Waals surface area contributed by atoms with E-state index < -0.39 is 22.9 Å². The van der Waals surface area contributed by atoms with E-state index in [1.54, 1.807) is 24.6 Å². The molecule has 1 atom stereocenters. The van der Waals surface area contributed by atoms with Crippen molar-refractivity contribution in [3.05, 3.63) is 50.4 Å². The molecule has 0 aromatic carbocycles. The third kappa shape index (κ3) is 5.80. The second kappa shape index (κ2) is 11.0. The third-order valence-corrected chi connectivity index (χ3v) is 6.41. The molecule has 1 fully saturated rings. The van der Waals surface area contributed by atoms with Gasteiger partial charge in [-0.2, -0.15) is 10.2 Å². The van der Waals surface area contributed by atoms with Crippen LogP contribution in [0.1, 0.15) is 51.7 Å². The Kier molecular flexibility index (Phi) is 7.77. The average Bonchev–Trinajstić information content (AvgIpc) is 3.27. The van der Waals surface area contributed by atoms with E-state index in [1.165, 1.54) is 17.0 Å². The lowest BCUT2D eigenvalue weighted by atomic mass is 10.1. The van der Waals surface area contributed by atoms with Gasteiger partial charge in [0.25, 0.3) is 5.56 Å². The molecule has 39 heavy (non-hydrogen) atoms. The van der Waals surface area contributed by atoms with Crippen LogP contribution < -0.4 is 21.5 Å². The Bertz CT molecular complexity index is 1620. The van der Waals surface area contributed by atoms with Crippen molar-refractivity contribution in [2.45, 2.75) is 65.3 Å². The zero-order chi connectivity index (χ0) is 28.3. The summed E-state index contributed by atoms with van der Waals surface area (Å²) in [5.74, 6) is 6.37. The minimum atomic E-state index is -0.611. The Hall–Kier alpha value is -4.58. The fourth-order valence-electron chi connectivity index (χ4n) is 4.63. The van der Waals surface area contributed by atoms with Crippen LogP contribution in [0, 0.1) is 23.2 Å². The normalized spacial score (nSPS) is 15.4. The van der Waals surface area contributed by atoms with Gasteiger partial charge in [-0.3, -0.25) is 23.5 Å². The van der Waals surface area contributed by atoms with Crippen molar-refractivity contribution < 1.29 is 9.53 Å². The van der Waals surface area contributed by atoms with Crippen LogP contribution in [0.5, 0.6) is 0 Å². The summed E-state index contributed by atoms with van der Waals surface area (Å²) in [6, 6.07) is 3.49. The van der Waals surface area contributed by atoms with E-state index >= 15 is 0 Å². The Morgan fingerprint density at radius 2 is 2.05 bits per heavy atom. The van der Waals surface area contributed by atoms with Gasteiger partial charge in [0.2, 0.25) is 5.95 Å². The largest absolute Gasteiger partial charge is 0.444 e. The smallest absolute Gasteiger partial charge is 0.407 e. The molecule has 0 unspecified atom stereocenters. The van der Waals surface area contributed by atoms with Crippen molar-refractivity contribution in [3.63, 3.8) is 0 Å². The van der Waals surface area contributed by atoms with Crippen molar-refractivity contribution in [2.24, 2.45) is 7.05 Å². The molecule has 0 bridgehead atoms. The van der Waals surface area contributed by atoms with Crippen LogP contribution in [-0.2, 0) is 24.9 Å². The van der Waals surface area contributed by atoms with Gasteiger partial charge in [-0.05, 0) is 52.2 Å². The maximum atomic E-state index is 13.8. The summed E-state index contributed by atoms with van der Waals surface area (Å²) >= 11 is 0. The number of amides is 1. The number of nitrogens with one attached hydrogen (secondary N) is 1. The van der Waals surface area contributed by atoms with Crippen LogP contribution in [0.4, 0.5) is 10.7 Å². The average molecular weight is 533 g/mol. The quantitative estimate of drug-likeness (QED) is 0.490. The molecule has 1 aliphatic rings. The summed E-state index contributed by atoms with van der Waals surface area (Å²) in [7, 11) is 1.56. The van der Waals surface area contributed by atoms with Crippen LogP contribution in [0.25, 0.3) is 11.2 Å². The molecule has 3 aromatic heterocycles. The summed E-state index contributed by atoms with van der Waals surface area (Å²) < 4.78 is 9.57. The number of hydrogen-bond acceptors (Lipinski definition) is 8. The number of nitrogens with zero attached hydrogens (tertiary/aromatic N) is 7. The van der Waals surface area contributed by atoms with E-state index in [9.17, 15) is 19.6 Å². The lowest BCUT2D eigenvalue weighted by Gasteiger charge is -2.34. The minimum Gasteiger partial charge on any atom is -0.444 e. The van der Waals surface area contributed by atoms with Gasteiger partial charge in [0, 0.05) is 38.6 Å². The maximum Gasteiger partial charge on any atom is 0.407 e. The monoisotopic (exact) mass is 532 g/mol. The van der Waals surface area contributed by atoms with Crippen LogP contribution in [0.3, 0.4) is 0 Å². The van der Waals surface area contributed by atoms with Crippen molar-refractivity contribution in [1.82, 2.24) is 29.0 Å². The zero-order valence-electron chi connectivity index (χ0n) is 22.8. The van der Waals surface area contributed by atoms with Gasteiger partial charge in [-0.15, -0.1) is 5.92 Å². The molecule has 12 heteroatoms. The van der Waals surface area contributed by atoms with Gasteiger partial charge in [0.05, 0.1) is 18.7 Å². The molecule has 204 valence electrons. The number of carbonyl (C=O) groups is 1. The zero-order valence-corrected chi connectivity index (χ0v) is 22.8. The van der Waals surface area contributed by atoms with E-state index in [4.69, 9.17) is 9.72 Å². The van der Waals surface area contributed by atoms with Crippen molar-refractivity contribution in [3.8, 4) is 17.9 Å². The summed E-state index contributed by atoms with van der Waals surface area (Å²) in [6.45, 7) is 8.35. The van der Waals surface area contributed by atoms with E-state index in [-0.39, 0.29) is 35.9 Å². The molecular formula is C27H32N8O4. The first kappa shape index (κ1) is 27.5. The van der Waals surface area contributed by atoms with Gasteiger partial charge in [0.1, 0.15) is 11.7 Å². The number of piperidine rings is 1. The lowest BCUT2D eigenvalue weighted by molar-refractivity contribution is 0.0499. The molecule has 1 amide bonds. The standard InChI is InChI=1S/C27H32N8O4/c1-6-7-13-34-21-22(31-24(34)33-12-8-9-20(17-33)30-25(37)39-27(2,3)4)32(5)26(38)35(23(21)36)16-18-10-11-29-15-19(18)14-28/h10-11,15,20H,8-9,12-13,16-17H2,1-5H3,(H,30,37)/t20-/m1/s1. The fraction of sp³-hybridized carbons (Fsp3) is 0.481. The number of nitriles is 1. The molecule has 0 saturated carbocycles. The Morgan fingerprint density at radius 3 is 2.74 bits per heavy atom. The van der Waals surface area contributed by atoms with Gasteiger partial charge in [-0.1, -0.05) is 5.92 Å². The topological polar surface area (TPSA) is 140 Å². The molecule has 12 nitrogen and oxygen atoms in total. The number of fused-ring (bicyclic) bond motifs is 1. The number of aromatic nitrogens is 5. The highest BCUT2D eigenvalue weighted by molar-refractivity contribution is 5.75. The Balaban J connectivity index is 1.77. The van der Waals surface area contributed by atoms with Crippen molar-refractivity contribution in [1.29, 1.82) is 5.26 Å². The molecule has 1 saturated heterocycles. The number of imidazole rings is 1. The lowest BCUT2D eigenvalue weighted by Crippen LogP contribution is -2.49. The number of hydrogen-bond donors (Lipinski definition) is 1. The molecule has 0 radical (unpaired) electrons. The van der Waals surface area contributed by atoms with Gasteiger partial charge >= 0.3 is 11.8 Å². The molecule has 1 aliphatic heterocycles. The second-order valence-electron chi connectivity index (χ2n) is 10.4. The molecular weight excluding hydrogens is 500 g/mol. The number of aryl methyl sites for hydroxylation is 1. The number of anilines is 1. The highest BCUT2D eigenvalue weighted by Gasteiger charge is 2.29. The van der Waals surface area contributed by atoms with E-state index in [0.29, 0.717) is 24.6 Å². The molecule has 0 aliphatic carbocycles. The first-order valence-corrected chi connectivity index (χ1v) is 12.7. The second-order valence-corrected chi connectivity index (χ2v) is 10.4. The molecule has 4 heterocycles. The Labute approximate surface area is 225 Å². The van der Waals surface area contributed by atoms with Crippen LogP contribution in [-0.4, -0.2) is 54.5 Å². The molecule has 1 N–H and O–H groups in total. The SMILES string of the molecule is CC#CCn1c(N2CCC[C@@H](NC(=O)OC(C)(C)C)C2)nc2c1c(=O)n(Cc1ccncc1C#N)c(=O)n2C. The summed E-state index contributed by atoms with van der Waals surface area (Å²) in [5, 5.41) is 12.4. The van der Waals surface area contributed by atoms with Crippen molar-refractivity contribution in [2.75, 3.05) is 18.0 Å². The predicted octanol–water partition coefficient (Wildman–Crippen LogP) is 1.73. The number of ether oxygens (including phenoxy) is 1.